The van der Waals surface area contributed by atoms with Gasteiger partial charge in [-0.3, -0.25) is 0 Å². The third-order valence-electron chi connectivity index (χ3n) is 5.55. The zero-order chi connectivity index (χ0) is 19.2. The maximum absolute atomic E-state index is 2.51. The van der Waals surface area contributed by atoms with Crippen molar-refractivity contribution in [2.45, 2.75) is 104 Å². The maximum atomic E-state index is 2.51. The maximum Gasteiger partial charge on any atom is 0.261 e. The van der Waals surface area contributed by atoms with Gasteiger partial charge in [-0.05, 0) is 31.4 Å². The van der Waals surface area contributed by atoms with E-state index in [-0.39, 0.29) is 0 Å². The van der Waals surface area contributed by atoms with Gasteiger partial charge in [0.05, 0.1) is 6.54 Å². The molecule has 2 heteroatoms. The summed E-state index contributed by atoms with van der Waals surface area (Å²) >= 11 is 0. The van der Waals surface area contributed by atoms with E-state index in [9.17, 15) is 0 Å². The Labute approximate surface area is 167 Å². The van der Waals surface area contributed by atoms with Crippen LogP contribution in [0, 0.1) is 0 Å². The van der Waals surface area contributed by atoms with Gasteiger partial charge >= 0.3 is 0 Å². The van der Waals surface area contributed by atoms with E-state index in [0.717, 1.165) is 6.54 Å². The Morgan fingerprint density at radius 1 is 0.704 bits per heavy atom. The summed E-state index contributed by atoms with van der Waals surface area (Å²) in [6.07, 6.45) is 22.1. The fourth-order valence-corrected chi connectivity index (χ4v) is 3.87. The largest absolute Gasteiger partial charge is 0.261 e. The molecular formula is C25H41N2+. The van der Waals surface area contributed by atoms with Crippen molar-refractivity contribution < 1.29 is 4.57 Å². The van der Waals surface area contributed by atoms with Gasteiger partial charge in [-0.15, -0.1) is 0 Å². The highest BCUT2D eigenvalue weighted by atomic mass is 15.1. The van der Waals surface area contributed by atoms with Crippen molar-refractivity contribution in [3.63, 3.8) is 0 Å². The minimum atomic E-state index is 1.16. The fourth-order valence-electron chi connectivity index (χ4n) is 3.87. The molecule has 2 nitrogen and oxygen atoms in total. The Morgan fingerprint density at radius 2 is 1.30 bits per heavy atom. The van der Waals surface area contributed by atoms with E-state index in [1.807, 2.05) is 0 Å². The number of para-hydroxylation sites is 1. The summed E-state index contributed by atoms with van der Waals surface area (Å²) in [6, 6.07) is 10.8. The Kier molecular flexibility index (Phi) is 10.9. The lowest BCUT2D eigenvalue weighted by Gasteiger charge is -2.06. The number of aryl methyl sites for hydroxylation is 1. The summed E-state index contributed by atoms with van der Waals surface area (Å²) in [6.45, 7) is 5.74. The van der Waals surface area contributed by atoms with Gasteiger partial charge in [-0.1, -0.05) is 89.8 Å². The van der Waals surface area contributed by atoms with E-state index < -0.39 is 0 Å². The molecule has 2 rings (SSSR count). The first-order chi connectivity index (χ1) is 13.4. The average molecular weight is 370 g/mol. The standard InChI is InChI=1S/C25H41N2/c1-3-5-7-9-10-12-17-21-26-22-23-27(24-18-14-13-15-19-24)25(26)20-16-11-8-6-4-2/h13-15,18-19,22-23H,3-12,16-17,20-21H2,1-2H3/q+1. The van der Waals surface area contributed by atoms with Crippen LogP contribution in [0.15, 0.2) is 42.7 Å². The molecule has 0 aliphatic rings. The molecule has 0 saturated heterocycles. The quantitative estimate of drug-likeness (QED) is 0.235. The molecule has 0 saturated carbocycles. The number of hydrogen-bond donors (Lipinski definition) is 0. The molecule has 0 amide bonds. The monoisotopic (exact) mass is 369 g/mol. The molecule has 0 unspecified atom stereocenters. The van der Waals surface area contributed by atoms with E-state index in [1.165, 1.54) is 95.0 Å². The Balaban J connectivity index is 1.91. The molecule has 0 aliphatic carbocycles. The second kappa shape index (κ2) is 13.6. The van der Waals surface area contributed by atoms with Crippen molar-refractivity contribution in [1.29, 1.82) is 0 Å². The number of aromatic nitrogens is 2. The molecule has 0 N–H and O–H groups in total. The highest BCUT2D eigenvalue weighted by Crippen LogP contribution is 2.14. The second-order valence-corrected chi connectivity index (χ2v) is 7.90. The second-order valence-electron chi connectivity index (χ2n) is 7.90. The Morgan fingerprint density at radius 3 is 1.96 bits per heavy atom. The van der Waals surface area contributed by atoms with Gasteiger partial charge in [0, 0.05) is 6.42 Å². The molecule has 27 heavy (non-hydrogen) atoms. The summed E-state index contributed by atoms with van der Waals surface area (Å²) in [7, 11) is 0. The van der Waals surface area contributed by atoms with Crippen LogP contribution in [-0.4, -0.2) is 4.57 Å². The van der Waals surface area contributed by atoms with Crippen molar-refractivity contribution in [3.05, 3.63) is 48.5 Å². The van der Waals surface area contributed by atoms with Gasteiger partial charge in [-0.2, -0.15) is 4.57 Å². The van der Waals surface area contributed by atoms with E-state index >= 15 is 0 Å². The molecule has 1 aromatic heterocycles. The smallest absolute Gasteiger partial charge is 0.234 e. The van der Waals surface area contributed by atoms with Crippen LogP contribution in [0.2, 0.25) is 0 Å². The average Bonchev–Trinajstić information content (AvgIpc) is 3.10. The number of rotatable bonds is 15. The number of nitrogens with zero attached hydrogens (tertiary/aromatic N) is 2. The van der Waals surface area contributed by atoms with Crippen LogP contribution in [0.3, 0.4) is 0 Å². The minimum absolute atomic E-state index is 1.16. The van der Waals surface area contributed by atoms with Crippen molar-refractivity contribution in [3.8, 4) is 5.69 Å². The molecule has 150 valence electrons. The van der Waals surface area contributed by atoms with Crippen molar-refractivity contribution >= 4 is 0 Å². The predicted octanol–water partition coefficient (Wildman–Crippen LogP) is 7.03. The van der Waals surface area contributed by atoms with Crippen LogP contribution in [0.5, 0.6) is 0 Å². The molecule has 0 fully saturated rings. The van der Waals surface area contributed by atoms with Crippen LogP contribution in [0.25, 0.3) is 5.69 Å². The zero-order valence-electron chi connectivity index (χ0n) is 17.8. The number of benzene rings is 1. The van der Waals surface area contributed by atoms with E-state index in [1.54, 1.807) is 0 Å². The van der Waals surface area contributed by atoms with Gasteiger partial charge in [-0.25, -0.2) is 4.57 Å². The lowest BCUT2D eigenvalue weighted by molar-refractivity contribution is -0.704. The number of hydrogen-bond acceptors (Lipinski definition) is 0. The third kappa shape index (κ3) is 7.91. The van der Waals surface area contributed by atoms with Crippen LogP contribution in [0.4, 0.5) is 0 Å². The highest BCUT2D eigenvalue weighted by molar-refractivity contribution is 5.31. The normalized spacial score (nSPS) is 11.2. The molecule has 0 bridgehead atoms. The number of imidazole rings is 1. The van der Waals surface area contributed by atoms with Gasteiger partial charge in [0.2, 0.25) is 0 Å². The van der Waals surface area contributed by atoms with Gasteiger partial charge < -0.3 is 0 Å². The van der Waals surface area contributed by atoms with Crippen LogP contribution < -0.4 is 4.57 Å². The van der Waals surface area contributed by atoms with Crippen molar-refractivity contribution in [1.82, 2.24) is 4.57 Å². The van der Waals surface area contributed by atoms with E-state index in [4.69, 9.17) is 0 Å². The lowest BCUT2D eigenvalue weighted by Crippen LogP contribution is -2.37. The van der Waals surface area contributed by atoms with Crippen LogP contribution in [-0.2, 0) is 13.0 Å². The van der Waals surface area contributed by atoms with Crippen LogP contribution >= 0.6 is 0 Å². The molecule has 0 atom stereocenters. The molecule has 0 aliphatic heterocycles. The molecule has 0 spiro atoms. The van der Waals surface area contributed by atoms with Gasteiger partial charge in [0.1, 0.15) is 18.1 Å². The van der Waals surface area contributed by atoms with Gasteiger partial charge in [0.15, 0.2) is 0 Å². The number of unbranched alkanes of at least 4 members (excludes halogenated alkanes) is 10. The summed E-state index contributed by atoms with van der Waals surface area (Å²) in [5, 5.41) is 0. The van der Waals surface area contributed by atoms with Crippen molar-refractivity contribution in [2.75, 3.05) is 0 Å². The third-order valence-corrected chi connectivity index (χ3v) is 5.55. The van der Waals surface area contributed by atoms with Crippen LogP contribution in [0.1, 0.15) is 96.7 Å². The lowest BCUT2D eigenvalue weighted by atomic mass is 10.1. The summed E-state index contributed by atoms with van der Waals surface area (Å²) in [5.74, 6) is 1.48. The molecular weight excluding hydrogens is 328 g/mol. The Hall–Kier alpha value is -1.57. The summed E-state index contributed by atoms with van der Waals surface area (Å²) in [5.41, 5.74) is 1.29. The Bertz CT molecular complexity index is 600. The molecule has 1 aromatic carbocycles. The topological polar surface area (TPSA) is 8.81 Å². The first kappa shape index (κ1) is 21.7. The first-order valence-electron chi connectivity index (χ1n) is 11.5. The highest BCUT2D eigenvalue weighted by Gasteiger charge is 2.18. The zero-order valence-corrected chi connectivity index (χ0v) is 17.8. The summed E-state index contributed by atoms with van der Waals surface area (Å²) in [4.78, 5) is 0. The first-order valence-corrected chi connectivity index (χ1v) is 11.5. The predicted molar refractivity (Wildman–Crippen MR) is 116 cm³/mol. The fraction of sp³-hybridized carbons (Fsp3) is 0.640. The molecule has 2 aromatic rings. The van der Waals surface area contributed by atoms with Crippen molar-refractivity contribution in [2.24, 2.45) is 0 Å². The minimum Gasteiger partial charge on any atom is -0.234 e. The van der Waals surface area contributed by atoms with E-state index in [2.05, 4.69) is 65.7 Å². The molecule has 1 heterocycles. The SMILES string of the molecule is CCCCCCCCC[n+]1ccn(-c2ccccc2)c1CCCCCCC. The summed E-state index contributed by atoms with van der Waals surface area (Å²) < 4.78 is 4.92. The molecule has 0 radical (unpaired) electrons. The van der Waals surface area contributed by atoms with Gasteiger partial charge in [0.25, 0.3) is 5.82 Å². The van der Waals surface area contributed by atoms with E-state index in [0.29, 0.717) is 0 Å².